The van der Waals surface area contributed by atoms with Gasteiger partial charge >= 0.3 is 0 Å². The molecule has 2 atom stereocenters. The van der Waals surface area contributed by atoms with Crippen molar-refractivity contribution < 1.29 is 44.8 Å². The smallest absolute Gasteiger partial charge is 0.119 e. The monoisotopic (exact) mass is 1370 g/mol. The molecule has 13 nitrogen and oxygen atoms in total. The molecule has 0 amide bonds. The van der Waals surface area contributed by atoms with Crippen molar-refractivity contribution in [3.8, 4) is 34.5 Å². The van der Waals surface area contributed by atoms with Crippen LogP contribution in [0.15, 0.2) is 237 Å². The Morgan fingerprint density at radius 3 is 0.912 bits per heavy atom. The molecule has 3 heterocycles. The topological polar surface area (TPSA) is 171 Å². The highest BCUT2D eigenvalue weighted by atomic mass is 16.5. The second-order valence-electron chi connectivity index (χ2n) is 26.6. The van der Waals surface area contributed by atoms with Gasteiger partial charge in [-0.05, 0) is 261 Å². The first-order chi connectivity index (χ1) is 50.0. The lowest BCUT2D eigenvalue weighted by Gasteiger charge is -2.26. The average Bonchev–Trinajstić information content (AvgIpc) is 0.932. The van der Waals surface area contributed by atoms with Crippen LogP contribution in [0.2, 0.25) is 0 Å². The molecule has 0 spiro atoms. The summed E-state index contributed by atoms with van der Waals surface area (Å²) in [7, 11) is 4.40. The number of hydrogen-bond donors (Lipinski definition) is 7. The summed E-state index contributed by atoms with van der Waals surface area (Å²) in [5.74, 6) is 3.36. The van der Waals surface area contributed by atoms with Crippen molar-refractivity contribution >= 4 is 33.4 Å². The fourth-order valence-corrected chi connectivity index (χ4v) is 14.1. The number of allylic oxidation sites excluding steroid dienone is 3. The fourth-order valence-electron chi connectivity index (χ4n) is 14.1. The maximum absolute atomic E-state index is 9.85. The molecule has 534 valence electrons. The minimum Gasteiger partial charge on any atom is -0.508 e. The molecular weight excluding hydrogens is 1270 g/mol. The van der Waals surface area contributed by atoms with Gasteiger partial charge in [-0.2, -0.15) is 0 Å². The number of ether oxygens (including phenoxy) is 3. The number of nitrogens with one attached hydrogen (secondary N) is 1. The van der Waals surface area contributed by atoms with Gasteiger partial charge in [-0.1, -0.05) is 164 Å². The van der Waals surface area contributed by atoms with Crippen molar-refractivity contribution in [1.29, 1.82) is 0 Å². The molecule has 7 N–H and O–H groups in total. The molecule has 0 radical (unpaired) electrons. The van der Waals surface area contributed by atoms with Crippen molar-refractivity contribution in [2.45, 2.75) is 89.1 Å². The fraction of sp³-hybridized carbons (Fsp3) is 0.326. The summed E-state index contributed by atoms with van der Waals surface area (Å²) in [6, 6.07) is 79.2. The highest BCUT2D eigenvalue weighted by molar-refractivity contribution is 6.01. The van der Waals surface area contributed by atoms with Crippen LogP contribution in [0.5, 0.6) is 34.5 Å². The van der Waals surface area contributed by atoms with E-state index in [9.17, 15) is 30.6 Å². The number of likely N-dealkylation sites (tertiary alicyclic amines) is 2. The van der Waals surface area contributed by atoms with Crippen LogP contribution in [0.25, 0.3) is 33.4 Å². The Balaban J connectivity index is 0.000000165. The minimum atomic E-state index is 0.138. The van der Waals surface area contributed by atoms with Gasteiger partial charge in [-0.25, -0.2) is 0 Å². The standard InChI is InChI=1S/2C30H35NO3.C29H34N2O3/c2*1-31-20-5-9-26(31)19-22-34-28-17-13-25(14-18-28)30(24-11-15-27(33)16-12-24)29(10-6-21-32)23-7-3-2-4-8-23;32-21-4-7-28(23-5-2-1-3-6-23)29(24-8-12-26(33)13-9-24)25-10-14-27(15-11-25)34-22-20-31-18-16-30-17-19-31/h2*2-4,7-8,11-18,26,32-33H,5-6,9-10,19-22H2,1H3;1-3,5-6,8-15,30,32-33H,4,7,16-22H2/b2*30-29-;29-28-/t26-;;/m1../s1. The molecule has 12 rings (SSSR count). The highest BCUT2D eigenvalue weighted by Crippen LogP contribution is 2.40. The normalized spacial score (nSPS) is 16.3. The van der Waals surface area contributed by atoms with E-state index in [0.29, 0.717) is 38.0 Å². The number of aliphatic hydroxyl groups is 3. The van der Waals surface area contributed by atoms with Crippen molar-refractivity contribution in [3.05, 3.63) is 287 Å². The Labute approximate surface area is 605 Å². The number of rotatable bonds is 30. The summed E-state index contributed by atoms with van der Waals surface area (Å²) >= 11 is 0. The lowest BCUT2D eigenvalue weighted by atomic mass is 9.87. The second-order valence-corrected chi connectivity index (χ2v) is 26.6. The summed E-state index contributed by atoms with van der Waals surface area (Å²) in [6.45, 7) is 10.1. The van der Waals surface area contributed by atoms with Crippen molar-refractivity contribution in [2.24, 2.45) is 0 Å². The van der Waals surface area contributed by atoms with Crippen LogP contribution >= 0.6 is 0 Å². The Bertz CT molecular complexity index is 3820. The van der Waals surface area contributed by atoms with Crippen LogP contribution in [0.3, 0.4) is 0 Å². The Kier molecular flexibility index (Phi) is 29.8. The van der Waals surface area contributed by atoms with E-state index in [-0.39, 0.29) is 37.1 Å². The summed E-state index contributed by atoms with van der Waals surface area (Å²) in [5, 5.41) is 61.6. The number of phenols is 3. The van der Waals surface area contributed by atoms with Crippen molar-refractivity contribution in [2.75, 3.05) is 99.5 Å². The number of nitrogens with zero attached hydrogens (tertiary/aromatic N) is 3. The van der Waals surface area contributed by atoms with Crippen molar-refractivity contribution in [1.82, 2.24) is 20.0 Å². The molecule has 3 fully saturated rings. The molecule has 0 aliphatic carbocycles. The largest absolute Gasteiger partial charge is 0.508 e. The maximum Gasteiger partial charge on any atom is 0.119 e. The first-order valence-electron chi connectivity index (χ1n) is 36.7. The molecule has 1 unspecified atom stereocenters. The van der Waals surface area contributed by atoms with E-state index in [2.05, 4.69) is 107 Å². The number of piperazine rings is 1. The van der Waals surface area contributed by atoms with Gasteiger partial charge in [0.15, 0.2) is 0 Å². The number of aliphatic hydroxyl groups excluding tert-OH is 3. The summed E-state index contributed by atoms with van der Waals surface area (Å²) in [5.41, 5.74) is 16.6. The summed E-state index contributed by atoms with van der Waals surface area (Å²) in [6.07, 6.45) is 11.5. The average molecular weight is 1370 g/mol. The molecule has 9 aromatic rings. The molecule has 13 heteroatoms. The zero-order valence-electron chi connectivity index (χ0n) is 59.6. The van der Waals surface area contributed by atoms with Gasteiger partial charge in [-0.15, -0.1) is 0 Å². The van der Waals surface area contributed by atoms with E-state index < -0.39 is 0 Å². The van der Waals surface area contributed by atoms with Gasteiger partial charge in [0.05, 0.1) is 13.2 Å². The zero-order chi connectivity index (χ0) is 71.1. The quantitative estimate of drug-likeness (QED) is 0.0213. The third-order valence-electron chi connectivity index (χ3n) is 19.6. The van der Waals surface area contributed by atoms with Gasteiger partial charge in [0.2, 0.25) is 0 Å². The van der Waals surface area contributed by atoms with Crippen LogP contribution in [0.4, 0.5) is 0 Å². The predicted molar refractivity (Wildman–Crippen MR) is 416 cm³/mol. The Hall–Kier alpha value is -9.28. The molecule has 0 saturated carbocycles. The van der Waals surface area contributed by atoms with Crippen LogP contribution in [0, 0.1) is 0 Å². The van der Waals surface area contributed by atoms with Gasteiger partial charge in [-0.3, -0.25) is 4.90 Å². The zero-order valence-corrected chi connectivity index (χ0v) is 59.6. The Morgan fingerprint density at radius 2 is 0.637 bits per heavy atom. The third-order valence-corrected chi connectivity index (χ3v) is 19.6. The van der Waals surface area contributed by atoms with Crippen LogP contribution in [0.1, 0.15) is 127 Å². The summed E-state index contributed by atoms with van der Waals surface area (Å²) in [4.78, 5) is 7.28. The first kappa shape index (κ1) is 75.4. The number of phenolic OH excluding ortho intramolecular Hbond substituents is 3. The predicted octanol–water partition coefficient (Wildman–Crippen LogP) is 16.4. The number of hydrogen-bond acceptors (Lipinski definition) is 13. The molecule has 0 aromatic heterocycles. The SMILES string of the molecule is CN1CCCC1CCOc1ccc(/C(=C(/CCCO)c2ccccc2)c2ccc(O)cc2)cc1.CN1CCC[C@@H]1CCOc1ccc(/C(=C(/CCCO)c2ccccc2)c2ccc(O)cc2)cc1.OCCC/C(=C(\c1ccc(O)cc1)c1ccc(OCCN2CCNCC2)cc1)c1ccccc1. The van der Waals surface area contributed by atoms with E-state index >= 15 is 0 Å². The van der Waals surface area contributed by atoms with E-state index in [1.807, 2.05) is 127 Å². The van der Waals surface area contributed by atoms with E-state index in [1.165, 1.54) is 55.5 Å². The van der Waals surface area contributed by atoms with Gasteiger partial charge < -0.3 is 60.0 Å². The molecule has 9 aromatic carbocycles. The molecule has 0 bridgehead atoms. The van der Waals surface area contributed by atoms with E-state index in [1.54, 1.807) is 36.4 Å². The van der Waals surface area contributed by atoms with Crippen LogP contribution in [-0.2, 0) is 0 Å². The third kappa shape index (κ3) is 22.4. The number of aromatic hydroxyl groups is 3. The lowest BCUT2D eigenvalue weighted by Crippen LogP contribution is -2.44. The van der Waals surface area contributed by atoms with Gasteiger partial charge in [0.1, 0.15) is 41.1 Å². The van der Waals surface area contributed by atoms with Gasteiger partial charge in [0.25, 0.3) is 0 Å². The lowest BCUT2D eigenvalue weighted by molar-refractivity contribution is 0.191. The molecule has 3 saturated heterocycles. The van der Waals surface area contributed by atoms with E-state index in [4.69, 9.17) is 14.2 Å². The van der Waals surface area contributed by atoms with Crippen molar-refractivity contribution in [3.63, 3.8) is 0 Å². The second kappa shape index (κ2) is 40.4. The molecule has 3 aliphatic heterocycles. The molecule has 3 aliphatic rings. The molecule has 102 heavy (non-hydrogen) atoms. The van der Waals surface area contributed by atoms with Crippen LogP contribution < -0.4 is 19.5 Å². The highest BCUT2D eigenvalue weighted by Gasteiger charge is 2.23. The van der Waals surface area contributed by atoms with Gasteiger partial charge in [0, 0.05) is 64.6 Å². The van der Waals surface area contributed by atoms with Crippen LogP contribution in [-0.4, -0.2) is 157 Å². The summed E-state index contributed by atoms with van der Waals surface area (Å²) < 4.78 is 18.2. The van der Waals surface area contributed by atoms with E-state index in [0.717, 1.165) is 162 Å². The minimum absolute atomic E-state index is 0.138. The molecular formula is C89H104N4O9. The first-order valence-corrected chi connectivity index (χ1v) is 36.7. The maximum atomic E-state index is 9.85. The Morgan fingerprint density at radius 1 is 0.353 bits per heavy atom. The number of benzene rings is 9.